The average molecular weight is 603 g/mol. The number of para-hydroxylation sites is 2. The Morgan fingerprint density at radius 2 is 1.66 bits per heavy atom. The second-order valence-electron chi connectivity index (χ2n) is 9.15. The third kappa shape index (κ3) is 4.88. The number of carbonyl (C=O) groups excluding carboxylic acids is 2. The van der Waals surface area contributed by atoms with Gasteiger partial charge < -0.3 is 9.64 Å². The first-order valence-electron chi connectivity index (χ1n) is 12.8. The lowest BCUT2D eigenvalue weighted by atomic mass is 10.1. The Morgan fingerprint density at radius 1 is 0.976 bits per heavy atom. The van der Waals surface area contributed by atoms with E-state index < -0.39 is 11.9 Å². The van der Waals surface area contributed by atoms with Gasteiger partial charge in [-0.05, 0) is 49.4 Å². The van der Waals surface area contributed by atoms with Gasteiger partial charge in [-0.25, -0.2) is 0 Å². The summed E-state index contributed by atoms with van der Waals surface area (Å²) in [7, 11) is 1.88. The van der Waals surface area contributed by atoms with E-state index in [1.54, 1.807) is 31.2 Å². The molecule has 3 heterocycles. The summed E-state index contributed by atoms with van der Waals surface area (Å²) in [6, 6.07) is 23.7. The summed E-state index contributed by atoms with van der Waals surface area (Å²) in [6.45, 7) is 1.92. The number of thiazole rings is 1. The molecule has 2 aliphatic rings. The third-order valence-electron chi connectivity index (χ3n) is 6.55. The summed E-state index contributed by atoms with van der Waals surface area (Å²) in [4.78, 5) is 43.8. The van der Waals surface area contributed by atoms with Gasteiger partial charge in [0, 0.05) is 17.0 Å². The zero-order valence-electron chi connectivity index (χ0n) is 22.0. The van der Waals surface area contributed by atoms with E-state index in [4.69, 9.17) is 16.3 Å². The fourth-order valence-corrected chi connectivity index (χ4v) is 7.35. The maximum absolute atomic E-state index is 14.2. The van der Waals surface area contributed by atoms with Crippen molar-refractivity contribution in [2.75, 3.05) is 23.6 Å². The van der Waals surface area contributed by atoms with Crippen LogP contribution in [0.4, 0.5) is 11.4 Å². The van der Waals surface area contributed by atoms with Crippen molar-refractivity contribution in [3.8, 4) is 5.69 Å². The minimum absolute atomic E-state index is 0.186. The lowest BCUT2D eigenvalue weighted by Gasteiger charge is -2.12. The molecule has 0 saturated heterocycles. The average Bonchev–Trinajstić information content (AvgIpc) is 3.59. The molecule has 0 N–H and O–H groups in total. The first-order chi connectivity index (χ1) is 19.9. The Morgan fingerprint density at radius 3 is 2.34 bits per heavy atom. The number of fused-ring (bicyclic) bond motifs is 1. The van der Waals surface area contributed by atoms with E-state index in [9.17, 15) is 14.4 Å². The monoisotopic (exact) mass is 602 g/mol. The first kappa shape index (κ1) is 27.1. The molecule has 0 unspecified atom stereocenters. The number of benzene rings is 3. The number of amides is 1. The van der Waals surface area contributed by atoms with Crippen molar-refractivity contribution in [1.82, 2.24) is 4.57 Å². The summed E-state index contributed by atoms with van der Waals surface area (Å²) >= 11 is 8.93. The summed E-state index contributed by atoms with van der Waals surface area (Å²) in [6.07, 6.45) is -0.219. The van der Waals surface area contributed by atoms with Crippen LogP contribution < -0.4 is 24.7 Å². The molecule has 2 aliphatic heterocycles. The number of anilines is 2. The lowest BCUT2D eigenvalue weighted by molar-refractivity contribution is -0.141. The number of thioether (sulfide) groups is 1. The molecular formula is C30H23ClN4O4S2. The molecule has 1 aromatic heterocycles. The maximum atomic E-state index is 14.2. The molecule has 0 fully saturated rings. The Hall–Kier alpha value is -4.12. The zero-order chi connectivity index (χ0) is 28.7. The van der Waals surface area contributed by atoms with Crippen molar-refractivity contribution in [2.24, 2.45) is 5.10 Å². The van der Waals surface area contributed by atoms with E-state index in [-0.39, 0.29) is 29.9 Å². The highest BCUT2D eigenvalue weighted by Gasteiger charge is 2.35. The van der Waals surface area contributed by atoms with Gasteiger partial charge in [0.25, 0.3) is 11.5 Å². The summed E-state index contributed by atoms with van der Waals surface area (Å²) in [5.74, 6) is -0.940. The molecule has 6 rings (SSSR count). The van der Waals surface area contributed by atoms with Gasteiger partial charge in [-0.2, -0.15) is 10.1 Å². The summed E-state index contributed by atoms with van der Waals surface area (Å²) in [5, 5.41) is 7.15. The van der Waals surface area contributed by atoms with Gasteiger partial charge in [-0.15, -0.1) is 11.3 Å². The van der Waals surface area contributed by atoms with Crippen molar-refractivity contribution >= 4 is 74.3 Å². The van der Waals surface area contributed by atoms with Crippen LogP contribution in [-0.4, -0.2) is 35.8 Å². The molecular weight excluding hydrogens is 580 g/mol. The normalized spacial score (nSPS) is 17.1. The molecule has 0 radical (unpaired) electrons. The molecule has 0 bridgehead atoms. The van der Waals surface area contributed by atoms with Gasteiger partial charge in [-0.3, -0.25) is 19.0 Å². The number of rotatable bonds is 5. The van der Waals surface area contributed by atoms with Crippen molar-refractivity contribution in [3.63, 3.8) is 0 Å². The quantitative estimate of drug-likeness (QED) is 0.316. The van der Waals surface area contributed by atoms with E-state index in [0.29, 0.717) is 25.6 Å². The fraction of sp³-hybridized carbons (Fsp3) is 0.133. The fourth-order valence-electron chi connectivity index (χ4n) is 4.69. The van der Waals surface area contributed by atoms with Crippen LogP contribution in [0.5, 0.6) is 0 Å². The van der Waals surface area contributed by atoms with E-state index in [0.717, 1.165) is 15.6 Å². The first-order valence-corrected chi connectivity index (χ1v) is 14.8. The Labute approximate surface area is 248 Å². The zero-order valence-corrected chi connectivity index (χ0v) is 24.4. The molecule has 1 amide bonds. The highest BCUT2D eigenvalue weighted by atomic mass is 35.5. The largest absolute Gasteiger partial charge is 0.466 e. The summed E-state index contributed by atoms with van der Waals surface area (Å²) < 4.78 is 7.57. The van der Waals surface area contributed by atoms with Crippen LogP contribution in [0.15, 0.2) is 93.7 Å². The lowest BCUT2D eigenvalue weighted by Crippen LogP contribution is -2.35. The van der Waals surface area contributed by atoms with Crippen molar-refractivity contribution in [2.45, 2.75) is 18.2 Å². The molecule has 0 aliphatic carbocycles. The van der Waals surface area contributed by atoms with Crippen LogP contribution in [0.3, 0.4) is 0 Å². The van der Waals surface area contributed by atoms with Crippen molar-refractivity contribution in [1.29, 1.82) is 0 Å². The van der Waals surface area contributed by atoms with E-state index in [1.165, 1.54) is 32.7 Å². The molecule has 206 valence electrons. The van der Waals surface area contributed by atoms with Crippen LogP contribution in [0.1, 0.15) is 13.3 Å². The van der Waals surface area contributed by atoms with Crippen LogP contribution in [0.2, 0.25) is 5.02 Å². The van der Waals surface area contributed by atoms with Crippen molar-refractivity contribution in [3.05, 3.63) is 103 Å². The van der Waals surface area contributed by atoms with Gasteiger partial charge in [0.1, 0.15) is 19.8 Å². The third-order valence-corrected chi connectivity index (χ3v) is 9.30. The molecule has 0 spiro atoms. The molecule has 3 aromatic carbocycles. The smallest absolute Gasteiger partial charge is 0.311 e. The number of nitrogens with zero attached hydrogens (tertiary/aromatic N) is 4. The topological polar surface area (TPSA) is 84.2 Å². The Kier molecular flexibility index (Phi) is 7.29. The van der Waals surface area contributed by atoms with Gasteiger partial charge in [0.2, 0.25) is 0 Å². The SMILES string of the molecule is CCOC(=O)CC1=NN(c2ccccc2)C(=O)C1=c1s/c(=C2\Sc3ccc(Cl)cc3N2C)c(=O)n1-c1ccccc1. The van der Waals surface area contributed by atoms with Gasteiger partial charge in [-0.1, -0.05) is 59.8 Å². The molecule has 8 nitrogen and oxygen atoms in total. The minimum atomic E-state index is -0.510. The Balaban J connectivity index is 1.64. The number of esters is 1. The van der Waals surface area contributed by atoms with Crippen LogP contribution in [-0.2, 0) is 14.3 Å². The van der Waals surface area contributed by atoms with E-state index >= 15 is 0 Å². The predicted molar refractivity (Wildman–Crippen MR) is 164 cm³/mol. The molecule has 41 heavy (non-hydrogen) atoms. The number of hydrazone groups is 1. The number of aromatic nitrogens is 1. The number of hydrogen-bond donors (Lipinski definition) is 0. The minimum Gasteiger partial charge on any atom is -0.466 e. The predicted octanol–water partition coefficient (Wildman–Crippen LogP) is 4.37. The van der Waals surface area contributed by atoms with Crippen molar-refractivity contribution < 1.29 is 14.3 Å². The standard InChI is InChI=1S/C30H23ClN4O4S2/c1-3-39-24(36)17-21-25(27(37)35(32-21)20-12-8-5-9-13-20)29-34(19-10-6-4-7-11-19)28(38)26(41-29)30-33(2)22-16-18(31)14-15-23(22)40-30/h4-16H,3,17H2,1-2H3/b29-25?,30-26-. The van der Waals surface area contributed by atoms with Gasteiger partial charge in [0.05, 0.1) is 35.8 Å². The van der Waals surface area contributed by atoms with Crippen LogP contribution >= 0.6 is 34.7 Å². The molecule has 0 saturated carbocycles. The number of carbonyl (C=O) groups is 2. The van der Waals surface area contributed by atoms with Gasteiger partial charge in [0.15, 0.2) is 0 Å². The number of halogens is 1. The van der Waals surface area contributed by atoms with E-state index in [1.807, 2.05) is 66.5 Å². The van der Waals surface area contributed by atoms with Gasteiger partial charge >= 0.3 is 5.97 Å². The maximum Gasteiger partial charge on any atom is 0.311 e. The highest BCUT2D eigenvalue weighted by Crippen LogP contribution is 2.46. The summed E-state index contributed by atoms with van der Waals surface area (Å²) in [5.41, 5.74) is 2.18. The van der Waals surface area contributed by atoms with Crippen LogP contribution in [0, 0.1) is 0 Å². The molecule has 0 atom stereocenters. The van der Waals surface area contributed by atoms with E-state index in [2.05, 4.69) is 5.10 Å². The molecule has 11 heteroatoms. The second-order valence-corrected chi connectivity index (χ2v) is 11.6. The Bertz CT molecular complexity index is 1900. The second kappa shape index (κ2) is 11.0. The van der Waals surface area contributed by atoms with Crippen LogP contribution in [0.25, 0.3) is 16.3 Å². The highest BCUT2D eigenvalue weighted by molar-refractivity contribution is 8.08. The number of ether oxygens (including phenoxy) is 1. The molecule has 4 aromatic rings. The number of hydrogen-bond acceptors (Lipinski definition) is 8.